The van der Waals surface area contributed by atoms with Crippen molar-refractivity contribution in [1.29, 1.82) is 0 Å². The first kappa shape index (κ1) is 12.4. The highest BCUT2D eigenvalue weighted by Gasteiger charge is 2.36. The second-order valence-corrected chi connectivity index (χ2v) is 6.30. The summed E-state index contributed by atoms with van der Waals surface area (Å²) < 4.78 is 0. The molecule has 0 aromatic carbocycles. The Balaban J connectivity index is 1.57. The van der Waals surface area contributed by atoms with Crippen LogP contribution in [0.4, 0.5) is 0 Å². The van der Waals surface area contributed by atoms with Gasteiger partial charge < -0.3 is 10.6 Å². The Hall–Kier alpha value is -0.610. The Morgan fingerprint density at radius 3 is 2.61 bits per heavy atom. The lowest BCUT2D eigenvalue weighted by Crippen LogP contribution is -2.60. The van der Waals surface area contributed by atoms with E-state index in [1.54, 1.807) is 0 Å². The minimum absolute atomic E-state index is 0.293. The van der Waals surface area contributed by atoms with Gasteiger partial charge in [-0.05, 0) is 31.6 Å². The smallest absolute Gasteiger partial charge is 0.237 e. The number of rotatable bonds is 2. The SMILES string of the molecule is NC1CN(CC(=O)N2CCCC3CCCCC32)C1. The van der Waals surface area contributed by atoms with Crippen LogP contribution in [0.2, 0.25) is 0 Å². The number of nitrogens with zero attached hydrogens (tertiary/aromatic N) is 2. The van der Waals surface area contributed by atoms with Crippen molar-refractivity contribution in [3.63, 3.8) is 0 Å². The fraction of sp³-hybridized carbons (Fsp3) is 0.929. The van der Waals surface area contributed by atoms with Gasteiger partial charge in [-0.25, -0.2) is 0 Å². The van der Waals surface area contributed by atoms with Gasteiger partial charge in [0, 0.05) is 31.7 Å². The summed E-state index contributed by atoms with van der Waals surface area (Å²) in [6.45, 7) is 3.37. The molecule has 18 heavy (non-hydrogen) atoms. The van der Waals surface area contributed by atoms with E-state index >= 15 is 0 Å². The molecular formula is C14H25N3O. The first-order valence-electron chi connectivity index (χ1n) is 7.51. The highest BCUT2D eigenvalue weighted by Crippen LogP contribution is 2.35. The second kappa shape index (κ2) is 5.17. The molecular weight excluding hydrogens is 226 g/mol. The summed E-state index contributed by atoms with van der Waals surface area (Å²) in [5, 5.41) is 0. The van der Waals surface area contributed by atoms with Gasteiger partial charge in [0.05, 0.1) is 6.54 Å². The van der Waals surface area contributed by atoms with Crippen LogP contribution in [0, 0.1) is 5.92 Å². The molecule has 0 aromatic rings. The molecule has 0 aromatic heterocycles. The van der Waals surface area contributed by atoms with E-state index in [9.17, 15) is 4.79 Å². The van der Waals surface area contributed by atoms with E-state index in [0.29, 0.717) is 24.5 Å². The van der Waals surface area contributed by atoms with Crippen molar-refractivity contribution in [3.8, 4) is 0 Å². The monoisotopic (exact) mass is 251 g/mol. The molecule has 2 unspecified atom stereocenters. The Labute approximate surface area is 109 Å². The van der Waals surface area contributed by atoms with Gasteiger partial charge in [0.15, 0.2) is 0 Å². The molecule has 3 aliphatic rings. The Kier molecular flexibility index (Phi) is 3.57. The summed E-state index contributed by atoms with van der Waals surface area (Å²) in [5.74, 6) is 1.13. The number of carbonyl (C=O) groups is 1. The van der Waals surface area contributed by atoms with Crippen molar-refractivity contribution >= 4 is 5.91 Å². The molecule has 2 aliphatic heterocycles. The van der Waals surface area contributed by atoms with Crippen LogP contribution in [0.1, 0.15) is 38.5 Å². The van der Waals surface area contributed by atoms with Crippen LogP contribution in [0.5, 0.6) is 0 Å². The zero-order chi connectivity index (χ0) is 12.5. The van der Waals surface area contributed by atoms with Crippen molar-refractivity contribution in [2.75, 3.05) is 26.2 Å². The third kappa shape index (κ3) is 2.41. The molecule has 0 radical (unpaired) electrons. The van der Waals surface area contributed by atoms with Crippen LogP contribution in [0.25, 0.3) is 0 Å². The number of hydrogen-bond donors (Lipinski definition) is 1. The summed E-state index contributed by atoms with van der Waals surface area (Å²) in [5.41, 5.74) is 5.76. The van der Waals surface area contributed by atoms with Crippen molar-refractivity contribution in [2.24, 2.45) is 11.7 Å². The maximum atomic E-state index is 12.4. The summed E-state index contributed by atoms with van der Waals surface area (Å²) >= 11 is 0. The number of fused-ring (bicyclic) bond motifs is 1. The molecule has 102 valence electrons. The van der Waals surface area contributed by atoms with Crippen LogP contribution >= 0.6 is 0 Å². The van der Waals surface area contributed by atoms with E-state index in [1.807, 2.05) is 0 Å². The van der Waals surface area contributed by atoms with E-state index in [4.69, 9.17) is 5.73 Å². The van der Waals surface area contributed by atoms with Crippen LogP contribution < -0.4 is 5.73 Å². The minimum atomic E-state index is 0.293. The topological polar surface area (TPSA) is 49.6 Å². The standard InChI is InChI=1S/C14H25N3O/c15-12-8-16(9-12)10-14(18)17-7-3-5-11-4-1-2-6-13(11)17/h11-13H,1-10,15H2. The Bertz CT molecular complexity index is 312. The molecule has 3 rings (SSSR count). The highest BCUT2D eigenvalue weighted by atomic mass is 16.2. The van der Waals surface area contributed by atoms with Crippen molar-refractivity contribution in [2.45, 2.75) is 50.6 Å². The van der Waals surface area contributed by atoms with Gasteiger partial charge in [-0.2, -0.15) is 0 Å². The average molecular weight is 251 g/mol. The van der Waals surface area contributed by atoms with Crippen molar-refractivity contribution < 1.29 is 4.79 Å². The van der Waals surface area contributed by atoms with Gasteiger partial charge in [0.2, 0.25) is 5.91 Å². The zero-order valence-electron chi connectivity index (χ0n) is 11.2. The summed E-state index contributed by atoms with van der Waals surface area (Å²) in [6, 6.07) is 0.844. The third-order valence-corrected chi connectivity index (χ3v) is 4.91. The van der Waals surface area contributed by atoms with Crippen molar-refractivity contribution in [1.82, 2.24) is 9.80 Å². The number of nitrogens with two attached hydrogens (primary N) is 1. The molecule has 2 atom stereocenters. The number of hydrogen-bond acceptors (Lipinski definition) is 3. The first-order valence-corrected chi connectivity index (χ1v) is 7.51. The number of amides is 1. The van der Waals surface area contributed by atoms with E-state index in [1.165, 1.54) is 38.5 Å². The summed E-state index contributed by atoms with van der Waals surface area (Å²) in [6.07, 6.45) is 7.78. The lowest BCUT2D eigenvalue weighted by molar-refractivity contribution is -0.139. The predicted octanol–water partition coefficient (Wildman–Crippen LogP) is 0.810. The van der Waals surface area contributed by atoms with E-state index in [2.05, 4.69) is 9.80 Å². The largest absolute Gasteiger partial charge is 0.338 e. The lowest BCUT2D eigenvalue weighted by Gasteiger charge is -2.45. The Morgan fingerprint density at radius 1 is 1.11 bits per heavy atom. The number of piperidine rings is 1. The van der Waals surface area contributed by atoms with Crippen LogP contribution in [-0.4, -0.2) is 54.0 Å². The highest BCUT2D eigenvalue weighted by molar-refractivity contribution is 5.79. The molecule has 1 amide bonds. The van der Waals surface area contributed by atoms with Gasteiger partial charge in [0.1, 0.15) is 0 Å². The molecule has 0 bridgehead atoms. The molecule has 0 spiro atoms. The minimum Gasteiger partial charge on any atom is -0.338 e. The molecule has 2 N–H and O–H groups in total. The fourth-order valence-corrected chi connectivity index (χ4v) is 3.96. The second-order valence-electron chi connectivity index (χ2n) is 6.30. The molecule has 3 fully saturated rings. The van der Waals surface area contributed by atoms with E-state index < -0.39 is 0 Å². The maximum Gasteiger partial charge on any atom is 0.237 e. The van der Waals surface area contributed by atoms with Crippen LogP contribution in [0.3, 0.4) is 0 Å². The van der Waals surface area contributed by atoms with Crippen molar-refractivity contribution in [3.05, 3.63) is 0 Å². The van der Waals surface area contributed by atoms with Gasteiger partial charge >= 0.3 is 0 Å². The summed E-state index contributed by atoms with van der Waals surface area (Å²) in [4.78, 5) is 16.8. The lowest BCUT2D eigenvalue weighted by atomic mass is 9.78. The average Bonchev–Trinajstić information content (AvgIpc) is 2.36. The van der Waals surface area contributed by atoms with Gasteiger partial charge in [-0.1, -0.05) is 12.8 Å². The molecule has 2 saturated heterocycles. The van der Waals surface area contributed by atoms with Gasteiger partial charge in [-0.3, -0.25) is 9.69 Å². The maximum absolute atomic E-state index is 12.4. The van der Waals surface area contributed by atoms with Gasteiger partial charge in [-0.15, -0.1) is 0 Å². The fourth-order valence-electron chi connectivity index (χ4n) is 3.96. The first-order chi connectivity index (χ1) is 8.74. The third-order valence-electron chi connectivity index (χ3n) is 4.91. The number of likely N-dealkylation sites (tertiary alicyclic amines) is 2. The molecule has 4 heteroatoms. The molecule has 1 saturated carbocycles. The quantitative estimate of drug-likeness (QED) is 0.790. The van der Waals surface area contributed by atoms with Gasteiger partial charge in [0.25, 0.3) is 0 Å². The summed E-state index contributed by atoms with van der Waals surface area (Å²) in [7, 11) is 0. The molecule has 1 aliphatic carbocycles. The van der Waals surface area contributed by atoms with Crippen LogP contribution in [0.15, 0.2) is 0 Å². The number of carbonyl (C=O) groups excluding carboxylic acids is 1. The normalized spacial score (nSPS) is 33.9. The zero-order valence-corrected chi connectivity index (χ0v) is 11.2. The molecule has 2 heterocycles. The van der Waals surface area contributed by atoms with Crippen LogP contribution in [-0.2, 0) is 4.79 Å². The predicted molar refractivity (Wildman–Crippen MR) is 71.1 cm³/mol. The Morgan fingerprint density at radius 2 is 1.83 bits per heavy atom. The van der Waals surface area contributed by atoms with E-state index in [0.717, 1.165) is 25.6 Å². The van der Waals surface area contributed by atoms with E-state index in [-0.39, 0.29) is 0 Å². The molecule has 4 nitrogen and oxygen atoms in total.